The molecule has 0 atom stereocenters. The molecule has 21 heavy (non-hydrogen) atoms. The summed E-state index contributed by atoms with van der Waals surface area (Å²) < 4.78 is 28.3. The second-order valence-corrected chi connectivity index (χ2v) is 7.94. The molecular formula is C14H26N4O2S. The molecule has 1 aliphatic rings. The molecule has 1 fully saturated rings. The fraction of sp³-hybridized carbons (Fsp3) is 0.786. The standard InChI is InChI=1S/C14H26N4O2S/c1-3-9-18-11-13(14(15)16-18)21(19,20)17(2)10-12-7-5-4-6-8-12/h11-12H,3-10H2,1-2H3,(H2,15,16). The number of aryl methyl sites for hydroxylation is 1. The monoisotopic (exact) mass is 314 g/mol. The fourth-order valence-electron chi connectivity index (χ4n) is 2.96. The predicted molar refractivity (Wildman–Crippen MR) is 83.3 cm³/mol. The van der Waals surface area contributed by atoms with E-state index in [0.717, 1.165) is 19.3 Å². The highest BCUT2D eigenvalue weighted by atomic mass is 32.2. The molecule has 0 amide bonds. The molecule has 1 aromatic heterocycles. The van der Waals surface area contributed by atoms with Crippen LogP contribution in [-0.2, 0) is 16.6 Å². The normalized spacial score (nSPS) is 17.5. The number of rotatable bonds is 6. The molecule has 0 unspecified atom stereocenters. The Morgan fingerprint density at radius 3 is 2.67 bits per heavy atom. The molecule has 0 saturated heterocycles. The number of anilines is 1. The molecule has 1 saturated carbocycles. The Kier molecular flexibility index (Phi) is 5.27. The number of nitrogen functional groups attached to an aromatic ring is 1. The van der Waals surface area contributed by atoms with Crippen LogP contribution in [0, 0.1) is 5.92 Å². The number of hydrogen-bond donors (Lipinski definition) is 1. The first kappa shape index (κ1) is 16.3. The maximum atomic E-state index is 12.6. The summed E-state index contributed by atoms with van der Waals surface area (Å²) in [6.07, 6.45) is 8.34. The molecule has 0 bridgehead atoms. The van der Waals surface area contributed by atoms with Crippen LogP contribution in [0.4, 0.5) is 5.82 Å². The zero-order valence-electron chi connectivity index (χ0n) is 13.0. The van der Waals surface area contributed by atoms with Gasteiger partial charge >= 0.3 is 0 Å². The number of nitrogens with zero attached hydrogens (tertiary/aromatic N) is 3. The Labute approximate surface area is 127 Å². The molecular weight excluding hydrogens is 288 g/mol. The molecule has 1 heterocycles. The van der Waals surface area contributed by atoms with E-state index >= 15 is 0 Å². The van der Waals surface area contributed by atoms with Gasteiger partial charge in [0.05, 0.1) is 0 Å². The van der Waals surface area contributed by atoms with Crippen molar-refractivity contribution in [2.75, 3.05) is 19.3 Å². The van der Waals surface area contributed by atoms with E-state index in [-0.39, 0.29) is 10.7 Å². The van der Waals surface area contributed by atoms with Gasteiger partial charge in [-0.05, 0) is 25.2 Å². The lowest BCUT2D eigenvalue weighted by Gasteiger charge is -2.26. The smallest absolute Gasteiger partial charge is 0.248 e. The molecule has 0 aliphatic heterocycles. The Bertz CT molecular complexity index is 562. The Morgan fingerprint density at radius 1 is 1.38 bits per heavy atom. The van der Waals surface area contributed by atoms with Crippen LogP contribution >= 0.6 is 0 Å². The third-order valence-corrected chi connectivity index (χ3v) is 5.98. The van der Waals surface area contributed by atoms with Crippen molar-refractivity contribution >= 4 is 15.8 Å². The van der Waals surface area contributed by atoms with Crippen molar-refractivity contribution in [1.29, 1.82) is 0 Å². The molecule has 1 aromatic rings. The summed E-state index contributed by atoms with van der Waals surface area (Å²) >= 11 is 0. The largest absolute Gasteiger partial charge is 0.381 e. The second-order valence-electron chi connectivity index (χ2n) is 5.93. The van der Waals surface area contributed by atoms with Crippen molar-refractivity contribution < 1.29 is 8.42 Å². The molecule has 0 radical (unpaired) electrons. The first-order chi connectivity index (χ1) is 9.95. The summed E-state index contributed by atoms with van der Waals surface area (Å²) in [5.41, 5.74) is 5.79. The molecule has 1 aliphatic carbocycles. The third-order valence-electron chi connectivity index (χ3n) is 4.14. The summed E-state index contributed by atoms with van der Waals surface area (Å²) in [5.74, 6) is 0.560. The topological polar surface area (TPSA) is 81.2 Å². The van der Waals surface area contributed by atoms with Crippen LogP contribution in [0.2, 0.25) is 0 Å². The van der Waals surface area contributed by atoms with E-state index in [1.165, 1.54) is 23.6 Å². The predicted octanol–water partition coefficient (Wildman–Crippen LogP) is 2.08. The minimum atomic E-state index is -3.54. The highest BCUT2D eigenvalue weighted by molar-refractivity contribution is 7.89. The quantitative estimate of drug-likeness (QED) is 0.871. The lowest BCUT2D eigenvalue weighted by atomic mass is 9.89. The van der Waals surface area contributed by atoms with Gasteiger partial charge < -0.3 is 5.73 Å². The first-order valence-electron chi connectivity index (χ1n) is 7.74. The molecule has 0 spiro atoms. The lowest BCUT2D eigenvalue weighted by molar-refractivity contribution is 0.300. The van der Waals surface area contributed by atoms with Gasteiger partial charge in [-0.15, -0.1) is 0 Å². The minimum absolute atomic E-state index is 0.0962. The van der Waals surface area contributed by atoms with Gasteiger partial charge in [0.1, 0.15) is 4.90 Å². The van der Waals surface area contributed by atoms with Gasteiger partial charge in [-0.25, -0.2) is 12.7 Å². The maximum Gasteiger partial charge on any atom is 0.248 e. The lowest BCUT2D eigenvalue weighted by Crippen LogP contribution is -2.33. The zero-order chi connectivity index (χ0) is 15.5. The van der Waals surface area contributed by atoms with E-state index in [1.54, 1.807) is 17.9 Å². The zero-order valence-corrected chi connectivity index (χ0v) is 13.8. The minimum Gasteiger partial charge on any atom is -0.381 e. The average molecular weight is 314 g/mol. The van der Waals surface area contributed by atoms with Crippen LogP contribution in [0.25, 0.3) is 0 Å². The Balaban J connectivity index is 2.12. The molecule has 120 valence electrons. The van der Waals surface area contributed by atoms with Crippen molar-refractivity contribution in [3.8, 4) is 0 Å². The summed E-state index contributed by atoms with van der Waals surface area (Å²) in [4.78, 5) is 0.134. The van der Waals surface area contributed by atoms with Crippen molar-refractivity contribution in [3.05, 3.63) is 6.20 Å². The van der Waals surface area contributed by atoms with E-state index in [9.17, 15) is 8.42 Å². The van der Waals surface area contributed by atoms with Crippen LogP contribution < -0.4 is 5.73 Å². The average Bonchev–Trinajstić information content (AvgIpc) is 2.82. The van der Waals surface area contributed by atoms with E-state index in [2.05, 4.69) is 5.10 Å². The SMILES string of the molecule is CCCn1cc(S(=O)(=O)N(C)CC2CCCCC2)c(N)n1. The van der Waals surface area contributed by atoms with Gasteiger partial charge in [0, 0.05) is 26.3 Å². The second kappa shape index (κ2) is 6.79. The fourth-order valence-corrected chi connectivity index (χ4v) is 4.26. The summed E-state index contributed by atoms with van der Waals surface area (Å²) in [5, 5.41) is 4.08. The van der Waals surface area contributed by atoms with Crippen molar-refractivity contribution in [3.63, 3.8) is 0 Å². The van der Waals surface area contributed by atoms with Gasteiger partial charge in [0.15, 0.2) is 5.82 Å². The van der Waals surface area contributed by atoms with Crippen LogP contribution in [0.3, 0.4) is 0 Å². The highest BCUT2D eigenvalue weighted by Gasteiger charge is 2.28. The van der Waals surface area contributed by atoms with Crippen LogP contribution in [-0.4, -0.2) is 36.1 Å². The molecule has 2 N–H and O–H groups in total. The Hall–Kier alpha value is -1.08. The van der Waals surface area contributed by atoms with Crippen molar-refractivity contribution in [2.45, 2.75) is 56.9 Å². The van der Waals surface area contributed by atoms with Gasteiger partial charge in [-0.1, -0.05) is 26.2 Å². The summed E-state index contributed by atoms with van der Waals surface area (Å²) in [6, 6.07) is 0. The van der Waals surface area contributed by atoms with Crippen molar-refractivity contribution in [1.82, 2.24) is 14.1 Å². The summed E-state index contributed by atoms with van der Waals surface area (Å²) in [7, 11) is -1.90. The number of aromatic nitrogens is 2. The molecule has 0 aromatic carbocycles. The van der Waals surface area contributed by atoms with Gasteiger partial charge in [0.25, 0.3) is 0 Å². The third kappa shape index (κ3) is 3.77. The Morgan fingerprint density at radius 2 is 2.05 bits per heavy atom. The van der Waals surface area contributed by atoms with Crippen LogP contribution in [0.1, 0.15) is 45.4 Å². The number of sulfonamides is 1. The molecule has 7 heteroatoms. The summed E-state index contributed by atoms with van der Waals surface area (Å²) in [6.45, 7) is 3.26. The van der Waals surface area contributed by atoms with E-state index in [1.807, 2.05) is 6.92 Å². The molecule has 2 rings (SSSR count). The van der Waals surface area contributed by atoms with Gasteiger partial charge in [0.2, 0.25) is 10.0 Å². The van der Waals surface area contributed by atoms with E-state index < -0.39 is 10.0 Å². The first-order valence-corrected chi connectivity index (χ1v) is 9.18. The van der Waals surface area contributed by atoms with Gasteiger partial charge in [-0.2, -0.15) is 5.10 Å². The maximum absolute atomic E-state index is 12.6. The van der Waals surface area contributed by atoms with E-state index in [0.29, 0.717) is 19.0 Å². The van der Waals surface area contributed by atoms with Crippen molar-refractivity contribution in [2.24, 2.45) is 5.92 Å². The number of hydrogen-bond acceptors (Lipinski definition) is 4. The van der Waals surface area contributed by atoms with Crippen LogP contribution in [0.15, 0.2) is 11.1 Å². The van der Waals surface area contributed by atoms with Gasteiger partial charge in [-0.3, -0.25) is 4.68 Å². The highest BCUT2D eigenvalue weighted by Crippen LogP contribution is 2.27. The van der Waals surface area contributed by atoms with E-state index in [4.69, 9.17) is 5.73 Å². The number of nitrogens with two attached hydrogens (primary N) is 1. The van der Waals surface area contributed by atoms with Crippen LogP contribution in [0.5, 0.6) is 0 Å². The molecule has 6 nitrogen and oxygen atoms in total.